The highest BCUT2D eigenvalue weighted by atomic mass is 32.2. The molecular formula is C10H23N3O3S. The Hall–Kier alpha value is -0.820. The number of nitrogens with zero attached hydrogens (tertiary/aromatic N) is 2. The van der Waals surface area contributed by atoms with Crippen LogP contribution in [0.25, 0.3) is 0 Å². The van der Waals surface area contributed by atoms with Crippen molar-refractivity contribution in [1.29, 1.82) is 0 Å². The fourth-order valence-corrected chi connectivity index (χ4v) is 2.02. The molecule has 0 amide bonds. The van der Waals surface area contributed by atoms with Crippen LogP contribution in [-0.4, -0.2) is 56.0 Å². The minimum atomic E-state index is -2.95. The first-order valence-corrected chi connectivity index (χ1v) is 7.67. The van der Waals surface area contributed by atoms with Crippen molar-refractivity contribution >= 4 is 15.7 Å². The first-order valence-electron chi connectivity index (χ1n) is 5.61. The zero-order valence-electron chi connectivity index (χ0n) is 10.8. The maximum absolute atomic E-state index is 11.1. The van der Waals surface area contributed by atoms with E-state index in [0.717, 1.165) is 6.54 Å². The molecule has 0 atom stereocenters. The molecule has 0 saturated heterocycles. The van der Waals surface area contributed by atoms with Crippen LogP contribution in [0.1, 0.15) is 20.3 Å². The molecule has 102 valence electrons. The van der Waals surface area contributed by atoms with Gasteiger partial charge in [0.15, 0.2) is 0 Å². The third-order valence-corrected chi connectivity index (χ3v) is 3.14. The minimum absolute atomic E-state index is 0.135. The highest BCUT2D eigenvalue weighted by molar-refractivity contribution is 7.90. The Morgan fingerprint density at radius 1 is 1.41 bits per heavy atom. The molecule has 0 aliphatic carbocycles. The van der Waals surface area contributed by atoms with Gasteiger partial charge in [0.2, 0.25) is 0 Å². The van der Waals surface area contributed by atoms with Gasteiger partial charge in [-0.2, -0.15) is 0 Å². The van der Waals surface area contributed by atoms with Crippen molar-refractivity contribution < 1.29 is 13.6 Å². The monoisotopic (exact) mass is 265 g/mol. The second-order valence-electron chi connectivity index (χ2n) is 4.67. The summed E-state index contributed by atoms with van der Waals surface area (Å²) < 4.78 is 22.2. The highest BCUT2D eigenvalue weighted by Gasteiger charge is 2.11. The number of oxime groups is 1. The lowest BCUT2D eigenvalue weighted by Crippen LogP contribution is -2.35. The number of nitrogens with two attached hydrogens (primary N) is 1. The summed E-state index contributed by atoms with van der Waals surface area (Å²) in [6.45, 7) is 6.02. The number of rotatable bonds is 8. The Balaban J connectivity index is 4.23. The Morgan fingerprint density at radius 3 is 2.41 bits per heavy atom. The van der Waals surface area contributed by atoms with Crippen molar-refractivity contribution in [2.45, 2.75) is 20.3 Å². The van der Waals surface area contributed by atoms with E-state index < -0.39 is 9.84 Å². The lowest BCUT2D eigenvalue weighted by Gasteiger charge is -2.23. The van der Waals surface area contributed by atoms with E-state index in [9.17, 15) is 8.42 Å². The van der Waals surface area contributed by atoms with Gasteiger partial charge in [0.1, 0.15) is 15.7 Å². The van der Waals surface area contributed by atoms with E-state index in [2.05, 4.69) is 19.0 Å². The van der Waals surface area contributed by atoms with Crippen molar-refractivity contribution in [2.75, 3.05) is 31.6 Å². The number of hydrogen-bond donors (Lipinski definition) is 2. The fraction of sp³-hybridized carbons (Fsp3) is 0.900. The zero-order chi connectivity index (χ0) is 13.5. The molecule has 0 aliphatic heterocycles. The molecular weight excluding hydrogens is 242 g/mol. The molecule has 17 heavy (non-hydrogen) atoms. The summed E-state index contributed by atoms with van der Waals surface area (Å²) in [5.74, 6) is 0.746. The van der Waals surface area contributed by atoms with E-state index in [1.165, 1.54) is 6.26 Å². The average Bonchev–Trinajstić information content (AvgIpc) is 2.19. The van der Waals surface area contributed by atoms with E-state index in [1.54, 1.807) is 0 Å². The summed E-state index contributed by atoms with van der Waals surface area (Å²) in [6, 6.07) is 0. The Kier molecular flexibility index (Phi) is 7.13. The largest absolute Gasteiger partial charge is 0.409 e. The second-order valence-corrected chi connectivity index (χ2v) is 6.93. The standard InChI is InChI=1S/C10H23N3O3S/c1-9(2)8-13(5-4-10(11)12-14)6-7-17(3,15)16/h9,14H,4-8H2,1-3H3,(H2,11,12). The molecule has 0 aromatic heterocycles. The van der Waals surface area contributed by atoms with Crippen LogP contribution in [0.5, 0.6) is 0 Å². The number of sulfone groups is 1. The van der Waals surface area contributed by atoms with Crippen LogP contribution in [0.2, 0.25) is 0 Å². The van der Waals surface area contributed by atoms with E-state index in [1.807, 2.05) is 4.90 Å². The van der Waals surface area contributed by atoms with Gasteiger partial charge >= 0.3 is 0 Å². The maximum Gasteiger partial charge on any atom is 0.148 e. The van der Waals surface area contributed by atoms with Gasteiger partial charge in [0.05, 0.1) is 5.75 Å². The van der Waals surface area contributed by atoms with E-state index >= 15 is 0 Å². The van der Waals surface area contributed by atoms with Gasteiger partial charge in [0.25, 0.3) is 0 Å². The molecule has 0 rings (SSSR count). The van der Waals surface area contributed by atoms with Crippen molar-refractivity contribution in [3.05, 3.63) is 0 Å². The van der Waals surface area contributed by atoms with Gasteiger partial charge in [0, 0.05) is 32.3 Å². The molecule has 0 heterocycles. The summed E-state index contributed by atoms with van der Waals surface area (Å²) in [6.07, 6.45) is 1.66. The smallest absolute Gasteiger partial charge is 0.148 e. The Morgan fingerprint density at radius 2 is 2.00 bits per heavy atom. The molecule has 0 saturated carbocycles. The molecule has 0 fully saturated rings. The fourth-order valence-electron chi connectivity index (χ4n) is 1.43. The van der Waals surface area contributed by atoms with E-state index in [-0.39, 0.29) is 11.6 Å². The topological polar surface area (TPSA) is 96.0 Å². The van der Waals surface area contributed by atoms with E-state index in [4.69, 9.17) is 10.9 Å². The van der Waals surface area contributed by atoms with Gasteiger partial charge in [-0.25, -0.2) is 8.42 Å². The van der Waals surface area contributed by atoms with Crippen LogP contribution < -0.4 is 5.73 Å². The molecule has 3 N–H and O–H groups in total. The first kappa shape index (κ1) is 16.2. The summed E-state index contributed by atoms with van der Waals surface area (Å²) >= 11 is 0. The molecule has 0 radical (unpaired) electrons. The van der Waals surface area contributed by atoms with E-state index in [0.29, 0.717) is 25.4 Å². The van der Waals surface area contributed by atoms with Crippen molar-refractivity contribution in [2.24, 2.45) is 16.8 Å². The molecule has 7 heteroatoms. The SMILES string of the molecule is CC(C)CN(CCC(N)=NO)CCS(C)(=O)=O. The van der Waals surface area contributed by atoms with Crippen LogP contribution in [0.15, 0.2) is 5.16 Å². The lowest BCUT2D eigenvalue weighted by atomic mass is 10.2. The molecule has 0 spiro atoms. The average molecular weight is 265 g/mol. The normalized spacial score (nSPS) is 13.6. The summed E-state index contributed by atoms with van der Waals surface area (Å²) in [5, 5.41) is 11.3. The van der Waals surface area contributed by atoms with Crippen LogP contribution in [-0.2, 0) is 9.84 Å². The quantitative estimate of drug-likeness (QED) is 0.281. The molecule has 0 bridgehead atoms. The van der Waals surface area contributed by atoms with Crippen molar-refractivity contribution in [3.63, 3.8) is 0 Å². The highest BCUT2D eigenvalue weighted by Crippen LogP contribution is 2.01. The molecule has 0 aromatic rings. The summed E-state index contributed by atoms with van der Waals surface area (Å²) in [5.41, 5.74) is 5.39. The van der Waals surface area contributed by atoms with Crippen molar-refractivity contribution in [3.8, 4) is 0 Å². The molecule has 0 unspecified atom stereocenters. The Labute approximate surface area is 103 Å². The van der Waals surface area contributed by atoms with Gasteiger partial charge in [-0.15, -0.1) is 0 Å². The number of hydrogen-bond acceptors (Lipinski definition) is 5. The molecule has 0 aliphatic rings. The van der Waals surface area contributed by atoms with Gasteiger partial charge in [-0.3, -0.25) is 0 Å². The zero-order valence-corrected chi connectivity index (χ0v) is 11.6. The summed E-state index contributed by atoms with van der Waals surface area (Å²) in [4.78, 5) is 2.02. The number of amidine groups is 1. The van der Waals surface area contributed by atoms with Crippen molar-refractivity contribution in [1.82, 2.24) is 4.90 Å². The third-order valence-electron chi connectivity index (χ3n) is 2.21. The van der Waals surface area contributed by atoms with Gasteiger partial charge in [-0.05, 0) is 5.92 Å². The first-order chi connectivity index (χ1) is 7.74. The van der Waals surface area contributed by atoms with Crippen LogP contribution in [0.3, 0.4) is 0 Å². The van der Waals surface area contributed by atoms with Gasteiger partial charge in [-0.1, -0.05) is 19.0 Å². The molecule has 6 nitrogen and oxygen atoms in total. The Bertz CT molecular complexity index is 339. The molecule has 0 aromatic carbocycles. The third kappa shape index (κ3) is 10.1. The van der Waals surface area contributed by atoms with Crippen LogP contribution in [0.4, 0.5) is 0 Å². The van der Waals surface area contributed by atoms with Crippen LogP contribution >= 0.6 is 0 Å². The minimum Gasteiger partial charge on any atom is -0.409 e. The lowest BCUT2D eigenvalue weighted by molar-refractivity contribution is 0.261. The summed E-state index contributed by atoms with van der Waals surface area (Å²) in [7, 11) is -2.95. The predicted octanol–water partition coefficient (Wildman–Crippen LogP) is 0.126. The van der Waals surface area contributed by atoms with Gasteiger partial charge < -0.3 is 15.8 Å². The maximum atomic E-state index is 11.1. The predicted molar refractivity (Wildman–Crippen MR) is 69.0 cm³/mol. The van der Waals surface area contributed by atoms with Crippen LogP contribution in [0, 0.1) is 5.92 Å². The second kappa shape index (κ2) is 7.50.